The van der Waals surface area contributed by atoms with Gasteiger partial charge in [0.2, 0.25) is 0 Å². The normalized spacial score (nSPS) is 12.7. The van der Waals surface area contributed by atoms with E-state index >= 15 is 0 Å². The van der Waals surface area contributed by atoms with Crippen LogP contribution in [0.3, 0.4) is 0 Å². The third kappa shape index (κ3) is 10.7. The Hall–Kier alpha value is 0.854. The molecule has 0 aromatic rings. The van der Waals surface area contributed by atoms with Gasteiger partial charge >= 0.3 is 17.6 Å². The number of hydrogen-bond acceptors (Lipinski definition) is 9. The van der Waals surface area contributed by atoms with Gasteiger partial charge in [-0.1, -0.05) is 0 Å². The summed E-state index contributed by atoms with van der Waals surface area (Å²) in [6.07, 6.45) is 0. The van der Waals surface area contributed by atoms with E-state index < -0.39 is 17.6 Å². The molecule has 0 rings (SSSR count). The molecule has 0 unspecified atom stereocenters. The Bertz CT molecular complexity index is 255. The lowest BCUT2D eigenvalue weighted by atomic mass is 10.9. The summed E-state index contributed by atoms with van der Waals surface area (Å²) < 4.78 is 40.4. The summed E-state index contributed by atoms with van der Waals surface area (Å²) in [6.45, 7) is 14.9. The highest BCUT2D eigenvalue weighted by Crippen LogP contribution is 2.25. The molecule has 0 amide bonds. The van der Waals surface area contributed by atoms with Gasteiger partial charge in [-0.3, -0.25) is 0 Å². The van der Waals surface area contributed by atoms with Gasteiger partial charge in [-0.2, -0.15) is 0 Å². The molecule has 0 saturated carbocycles. The smallest absolute Gasteiger partial charge is 0.373 e. The van der Waals surface area contributed by atoms with Gasteiger partial charge in [-0.25, -0.2) is 3.63 Å². The quantitative estimate of drug-likeness (QED) is 0.183. The summed E-state index contributed by atoms with van der Waals surface area (Å²) in [7, 11) is -5.39. The van der Waals surface area contributed by atoms with E-state index in [1.807, 2.05) is 41.5 Å². The average Bonchev–Trinajstić information content (AvgIpc) is 2.56. The summed E-state index contributed by atoms with van der Waals surface area (Å²) >= 11 is 2.56. The van der Waals surface area contributed by atoms with Crippen molar-refractivity contribution in [3.8, 4) is 0 Å². The lowest BCUT2D eigenvalue weighted by Gasteiger charge is -2.28. The predicted molar refractivity (Wildman–Crippen MR) is 107 cm³/mol. The molecule has 0 spiro atoms. The Morgan fingerprint density at radius 3 is 0.920 bits per heavy atom. The van der Waals surface area contributed by atoms with Crippen molar-refractivity contribution in [2.24, 2.45) is 0 Å². The van der Waals surface area contributed by atoms with Gasteiger partial charge in [0.25, 0.3) is 0 Å². The fraction of sp³-hybridized carbons (Fsp3) is 1.00. The van der Waals surface area contributed by atoms with Crippen LogP contribution in [0.1, 0.15) is 41.5 Å². The Labute approximate surface area is 163 Å². The molecule has 0 radical (unpaired) electrons. The molecule has 0 fully saturated rings. The van der Waals surface area contributed by atoms with Crippen LogP contribution in [0.5, 0.6) is 0 Å². The van der Waals surface area contributed by atoms with Gasteiger partial charge < -0.3 is 26.6 Å². The second-order valence-corrected chi connectivity index (χ2v) is 12.3. The van der Waals surface area contributed by atoms with Crippen molar-refractivity contribution in [2.75, 3.05) is 50.4 Å². The van der Waals surface area contributed by atoms with Gasteiger partial charge in [-0.05, 0) is 41.5 Å². The van der Waals surface area contributed by atoms with E-state index in [0.29, 0.717) is 50.4 Å². The molecule has 7 nitrogen and oxygen atoms in total. The molecule has 0 saturated heterocycles. The zero-order chi connectivity index (χ0) is 19.0. The van der Waals surface area contributed by atoms with Crippen molar-refractivity contribution >= 4 is 41.7 Å². The van der Waals surface area contributed by atoms with Crippen LogP contribution in [0.2, 0.25) is 0 Å². The van der Waals surface area contributed by atoms with Crippen molar-refractivity contribution in [1.82, 2.24) is 0 Å². The average molecular weight is 435 g/mol. The lowest BCUT2D eigenvalue weighted by Crippen LogP contribution is -2.49. The van der Waals surface area contributed by atoms with Gasteiger partial charge in [-0.15, -0.1) is 0 Å². The Morgan fingerprint density at radius 1 is 0.480 bits per heavy atom. The van der Waals surface area contributed by atoms with Crippen molar-refractivity contribution in [1.29, 1.82) is 0 Å². The minimum atomic E-state index is -2.69. The van der Waals surface area contributed by atoms with E-state index in [9.17, 15) is 0 Å². The van der Waals surface area contributed by atoms with E-state index in [0.717, 1.165) is 0 Å². The van der Waals surface area contributed by atoms with Gasteiger partial charge in [0.05, 0.1) is 10.8 Å². The molecule has 152 valence electrons. The summed E-state index contributed by atoms with van der Waals surface area (Å²) in [5, 5.41) is 1.06. The molecule has 0 heterocycles. The highest BCUT2D eigenvalue weighted by molar-refractivity contribution is 8.09. The molecule has 0 atom stereocenters. The van der Waals surface area contributed by atoms with Gasteiger partial charge in [0.15, 0.2) is 0 Å². The SMILES string of the molecule is CCO[Si](CSOSC[Si](OCC)(OCC)OCC)(OCC)OCC. The fourth-order valence-corrected chi connectivity index (χ4v) is 9.86. The van der Waals surface area contributed by atoms with Crippen molar-refractivity contribution in [2.45, 2.75) is 41.5 Å². The van der Waals surface area contributed by atoms with Crippen molar-refractivity contribution in [3.05, 3.63) is 0 Å². The van der Waals surface area contributed by atoms with Crippen LogP contribution in [0, 0.1) is 0 Å². The van der Waals surface area contributed by atoms with Crippen LogP contribution in [-0.4, -0.2) is 68.0 Å². The molecule has 0 aliphatic heterocycles. The van der Waals surface area contributed by atoms with E-state index in [1.54, 1.807) is 0 Å². The largest absolute Gasteiger partial charge is 0.513 e. The third-order valence-corrected chi connectivity index (χ3v) is 11.7. The maximum Gasteiger partial charge on any atom is 0.513 e. The molecule has 0 N–H and O–H groups in total. The Kier molecular flexibility index (Phi) is 16.4. The summed E-state index contributed by atoms with van der Waals surface area (Å²) in [5.74, 6) is 0. The molecular weight excluding hydrogens is 400 g/mol. The molecule has 0 aliphatic rings. The fourth-order valence-electron chi connectivity index (χ4n) is 2.05. The first kappa shape index (κ1) is 25.9. The van der Waals surface area contributed by atoms with E-state index in [2.05, 4.69) is 0 Å². The summed E-state index contributed by atoms with van der Waals surface area (Å²) in [5.41, 5.74) is 0. The van der Waals surface area contributed by atoms with E-state index in [-0.39, 0.29) is 0 Å². The van der Waals surface area contributed by atoms with Crippen LogP contribution in [0.25, 0.3) is 0 Å². The minimum absolute atomic E-state index is 0.530. The summed E-state index contributed by atoms with van der Waals surface area (Å²) in [6, 6.07) is 0. The lowest BCUT2D eigenvalue weighted by molar-refractivity contribution is 0.0766. The maximum absolute atomic E-state index is 5.79. The molecular formula is C14H34O7S2Si2. The van der Waals surface area contributed by atoms with Gasteiger partial charge in [0, 0.05) is 63.7 Å². The minimum Gasteiger partial charge on any atom is -0.373 e. The summed E-state index contributed by atoms with van der Waals surface area (Å²) in [4.78, 5) is 0. The Morgan fingerprint density at radius 2 is 0.720 bits per heavy atom. The van der Waals surface area contributed by atoms with Crippen molar-refractivity contribution in [3.63, 3.8) is 0 Å². The van der Waals surface area contributed by atoms with Crippen LogP contribution in [-0.2, 0) is 30.2 Å². The van der Waals surface area contributed by atoms with Gasteiger partial charge in [0.1, 0.15) is 0 Å². The van der Waals surface area contributed by atoms with Crippen molar-refractivity contribution < 1.29 is 30.2 Å². The molecule has 0 aliphatic carbocycles. The number of hydrogen-bond donors (Lipinski definition) is 0. The molecule has 25 heavy (non-hydrogen) atoms. The first-order chi connectivity index (χ1) is 12.1. The standard InChI is InChI=1S/C14H34O7S2Si2/c1-7-15-24(16-8-2,17-9-3)13-22-21-23-14-25(18-10-4,19-11-5)20-12-6/h7-14H2,1-6H3. The maximum atomic E-state index is 5.79. The van der Waals surface area contributed by atoms with Crippen LogP contribution in [0.4, 0.5) is 0 Å². The van der Waals surface area contributed by atoms with Crippen LogP contribution in [0.15, 0.2) is 0 Å². The number of rotatable bonds is 18. The topological polar surface area (TPSA) is 64.6 Å². The van der Waals surface area contributed by atoms with Crippen LogP contribution >= 0.6 is 24.1 Å². The second-order valence-electron chi connectivity index (χ2n) is 4.56. The highest BCUT2D eigenvalue weighted by Gasteiger charge is 2.43. The highest BCUT2D eigenvalue weighted by atomic mass is 32.2. The second kappa shape index (κ2) is 15.9. The first-order valence-electron chi connectivity index (χ1n) is 8.82. The first-order valence-corrected chi connectivity index (χ1v) is 14.5. The Balaban J connectivity index is 4.49. The van der Waals surface area contributed by atoms with Crippen LogP contribution < -0.4 is 0 Å². The van der Waals surface area contributed by atoms with E-state index in [1.165, 1.54) is 24.1 Å². The predicted octanol–water partition coefficient (Wildman–Crippen LogP) is 3.47. The zero-order valence-corrected chi connectivity index (χ0v) is 20.0. The molecule has 0 bridgehead atoms. The molecule has 0 aromatic heterocycles. The molecule has 0 aromatic carbocycles. The third-order valence-electron chi connectivity index (χ3n) is 2.75. The zero-order valence-electron chi connectivity index (χ0n) is 16.3. The molecule has 11 heteroatoms. The van der Waals surface area contributed by atoms with E-state index in [4.69, 9.17) is 30.2 Å². The monoisotopic (exact) mass is 434 g/mol.